The fraction of sp³-hybridized carbons (Fsp3) is 0.750. The third-order valence-corrected chi connectivity index (χ3v) is 2.60. The number of ether oxygens (including phenoxy) is 1. The van der Waals surface area contributed by atoms with E-state index in [0.29, 0.717) is 6.04 Å². The molecule has 1 aromatic rings. The Labute approximate surface area is 104 Å². The van der Waals surface area contributed by atoms with Gasteiger partial charge in [-0.2, -0.15) is 5.10 Å². The van der Waals surface area contributed by atoms with Crippen molar-refractivity contribution in [3.8, 4) is 0 Å². The van der Waals surface area contributed by atoms with Crippen LogP contribution in [0.5, 0.6) is 0 Å². The van der Waals surface area contributed by atoms with Gasteiger partial charge in [0.25, 0.3) is 0 Å². The molecule has 0 fully saturated rings. The summed E-state index contributed by atoms with van der Waals surface area (Å²) in [6.45, 7) is 5.51. The van der Waals surface area contributed by atoms with E-state index in [9.17, 15) is 0 Å². The van der Waals surface area contributed by atoms with Crippen LogP contribution >= 0.6 is 0 Å². The average molecular weight is 240 g/mol. The van der Waals surface area contributed by atoms with Gasteiger partial charge < -0.3 is 15.0 Å². The largest absolute Gasteiger partial charge is 0.379 e. The number of hydrogen-bond donors (Lipinski definition) is 1. The van der Waals surface area contributed by atoms with E-state index in [4.69, 9.17) is 4.74 Å². The molecule has 0 aliphatic heterocycles. The summed E-state index contributed by atoms with van der Waals surface area (Å²) in [6, 6.07) is 0.321. The molecule has 0 spiro atoms. The van der Waals surface area contributed by atoms with E-state index < -0.39 is 0 Å². The molecule has 5 nitrogen and oxygen atoms in total. The molecule has 0 bridgehead atoms. The van der Waals surface area contributed by atoms with Crippen LogP contribution in [0, 0.1) is 0 Å². The average Bonchev–Trinajstić information content (AvgIpc) is 2.69. The van der Waals surface area contributed by atoms with Gasteiger partial charge in [-0.15, -0.1) is 0 Å². The summed E-state index contributed by atoms with van der Waals surface area (Å²) in [5, 5.41) is 7.56. The molecular formula is C12H24N4O. The van der Waals surface area contributed by atoms with Gasteiger partial charge in [0, 0.05) is 37.9 Å². The Morgan fingerprint density at radius 1 is 1.47 bits per heavy atom. The molecule has 0 aromatic carbocycles. The van der Waals surface area contributed by atoms with Crippen LogP contribution in [-0.2, 0) is 11.8 Å². The molecule has 1 N–H and O–H groups in total. The van der Waals surface area contributed by atoms with Crippen LogP contribution < -0.4 is 5.32 Å². The van der Waals surface area contributed by atoms with Crippen molar-refractivity contribution < 1.29 is 4.74 Å². The molecule has 0 aliphatic rings. The lowest BCUT2D eigenvalue weighted by molar-refractivity contribution is 0.118. The number of likely N-dealkylation sites (N-methyl/N-ethyl adjacent to an activating group) is 1. The molecule has 0 aliphatic carbocycles. The zero-order valence-electron chi connectivity index (χ0n) is 11.3. The van der Waals surface area contributed by atoms with Crippen molar-refractivity contribution in [2.45, 2.75) is 13.0 Å². The fourth-order valence-corrected chi connectivity index (χ4v) is 1.48. The van der Waals surface area contributed by atoms with Crippen molar-refractivity contribution in [1.82, 2.24) is 20.0 Å². The summed E-state index contributed by atoms with van der Waals surface area (Å²) in [6.07, 6.45) is 3.93. The third-order valence-electron chi connectivity index (χ3n) is 2.60. The summed E-state index contributed by atoms with van der Waals surface area (Å²) in [5.74, 6) is 0. The van der Waals surface area contributed by atoms with E-state index in [-0.39, 0.29) is 0 Å². The summed E-state index contributed by atoms with van der Waals surface area (Å²) in [4.78, 5) is 2.12. The molecule has 0 saturated heterocycles. The van der Waals surface area contributed by atoms with Gasteiger partial charge in [-0.05, 0) is 21.0 Å². The minimum absolute atomic E-state index is 0.321. The number of rotatable bonds is 8. The lowest BCUT2D eigenvalue weighted by atomic mass is 10.2. The van der Waals surface area contributed by atoms with Gasteiger partial charge in [0.15, 0.2) is 0 Å². The second kappa shape index (κ2) is 7.42. The van der Waals surface area contributed by atoms with Gasteiger partial charge >= 0.3 is 0 Å². The molecule has 1 heterocycles. The van der Waals surface area contributed by atoms with Crippen molar-refractivity contribution in [2.24, 2.45) is 7.05 Å². The molecule has 1 rings (SSSR count). The highest BCUT2D eigenvalue weighted by Crippen LogP contribution is 2.09. The van der Waals surface area contributed by atoms with Crippen molar-refractivity contribution in [1.29, 1.82) is 0 Å². The number of nitrogens with zero attached hydrogens (tertiary/aromatic N) is 3. The molecule has 0 saturated carbocycles. The lowest BCUT2D eigenvalue weighted by Crippen LogP contribution is -2.25. The van der Waals surface area contributed by atoms with Crippen LogP contribution in [-0.4, -0.2) is 55.1 Å². The van der Waals surface area contributed by atoms with Crippen molar-refractivity contribution in [2.75, 3.05) is 40.4 Å². The maximum atomic E-state index is 5.51. The highest BCUT2D eigenvalue weighted by molar-refractivity contribution is 5.08. The molecule has 1 unspecified atom stereocenters. The van der Waals surface area contributed by atoms with Gasteiger partial charge in [-0.25, -0.2) is 0 Å². The lowest BCUT2D eigenvalue weighted by Gasteiger charge is -2.13. The van der Waals surface area contributed by atoms with Crippen molar-refractivity contribution in [3.63, 3.8) is 0 Å². The zero-order valence-corrected chi connectivity index (χ0v) is 11.3. The number of aryl methyl sites for hydroxylation is 1. The molecule has 0 radical (unpaired) electrons. The monoisotopic (exact) mass is 240 g/mol. The van der Waals surface area contributed by atoms with E-state index in [1.165, 1.54) is 5.56 Å². The topological polar surface area (TPSA) is 42.3 Å². The van der Waals surface area contributed by atoms with Crippen LogP contribution in [0.2, 0.25) is 0 Å². The Bertz CT molecular complexity index is 311. The second-order valence-electron chi connectivity index (χ2n) is 4.54. The van der Waals surface area contributed by atoms with E-state index in [1.807, 2.05) is 38.2 Å². The standard InChI is InChI=1S/C12H24N4O/c1-11(12-9-14-16(4)10-12)13-5-7-17-8-6-15(2)3/h9-11,13H,5-8H2,1-4H3. The first-order chi connectivity index (χ1) is 8.09. The molecule has 5 heteroatoms. The quantitative estimate of drug-likeness (QED) is 0.678. The Hall–Kier alpha value is -0.910. The Kier molecular flexibility index (Phi) is 6.18. The number of nitrogens with one attached hydrogen (secondary N) is 1. The summed E-state index contributed by atoms with van der Waals surface area (Å²) in [7, 11) is 6.03. The van der Waals surface area contributed by atoms with Gasteiger partial charge in [-0.3, -0.25) is 4.68 Å². The maximum Gasteiger partial charge on any atom is 0.0593 e. The predicted octanol–water partition coefficient (Wildman–Crippen LogP) is 0.649. The van der Waals surface area contributed by atoms with Crippen LogP contribution in [0.4, 0.5) is 0 Å². The molecule has 98 valence electrons. The van der Waals surface area contributed by atoms with Gasteiger partial charge in [-0.1, -0.05) is 0 Å². The maximum absolute atomic E-state index is 5.51. The Morgan fingerprint density at radius 2 is 2.24 bits per heavy atom. The SMILES string of the molecule is CC(NCCOCCN(C)C)c1cnn(C)c1. The molecule has 1 aromatic heterocycles. The molecule has 0 amide bonds. The normalized spacial score (nSPS) is 13.2. The van der Waals surface area contributed by atoms with E-state index in [1.54, 1.807) is 0 Å². The number of hydrogen-bond acceptors (Lipinski definition) is 4. The Balaban J connectivity index is 2.06. The fourth-order valence-electron chi connectivity index (χ4n) is 1.48. The van der Waals surface area contributed by atoms with E-state index in [2.05, 4.69) is 22.2 Å². The summed E-state index contributed by atoms with van der Waals surface area (Å²) < 4.78 is 7.33. The summed E-state index contributed by atoms with van der Waals surface area (Å²) >= 11 is 0. The van der Waals surface area contributed by atoms with Gasteiger partial charge in [0.1, 0.15) is 0 Å². The smallest absolute Gasteiger partial charge is 0.0593 e. The third kappa shape index (κ3) is 5.81. The minimum atomic E-state index is 0.321. The first kappa shape index (κ1) is 14.2. The predicted molar refractivity (Wildman–Crippen MR) is 69.0 cm³/mol. The first-order valence-corrected chi connectivity index (χ1v) is 6.04. The highest BCUT2D eigenvalue weighted by atomic mass is 16.5. The van der Waals surface area contributed by atoms with Crippen LogP contribution in [0.15, 0.2) is 12.4 Å². The zero-order chi connectivity index (χ0) is 12.7. The van der Waals surface area contributed by atoms with Crippen LogP contribution in [0.3, 0.4) is 0 Å². The highest BCUT2D eigenvalue weighted by Gasteiger charge is 2.05. The van der Waals surface area contributed by atoms with Crippen molar-refractivity contribution >= 4 is 0 Å². The minimum Gasteiger partial charge on any atom is -0.379 e. The molecule has 17 heavy (non-hydrogen) atoms. The van der Waals surface area contributed by atoms with Crippen LogP contribution in [0.25, 0.3) is 0 Å². The summed E-state index contributed by atoms with van der Waals surface area (Å²) in [5.41, 5.74) is 1.21. The Morgan fingerprint density at radius 3 is 2.82 bits per heavy atom. The van der Waals surface area contributed by atoms with E-state index >= 15 is 0 Å². The molecular weight excluding hydrogens is 216 g/mol. The van der Waals surface area contributed by atoms with E-state index in [0.717, 1.165) is 26.3 Å². The van der Waals surface area contributed by atoms with Crippen LogP contribution in [0.1, 0.15) is 18.5 Å². The first-order valence-electron chi connectivity index (χ1n) is 6.04. The number of aromatic nitrogens is 2. The molecule has 1 atom stereocenters. The van der Waals surface area contributed by atoms with Crippen molar-refractivity contribution in [3.05, 3.63) is 18.0 Å². The van der Waals surface area contributed by atoms with Gasteiger partial charge in [0.2, 0.25) is 0 Å². The second-order valence-corrected chi connectivity index (χ2v) is 4.54. The van der Waals surface area contributed by atoms with Gasteiger partial charge in [0.05, 0.1) is 19.4 Å².